The summed E-state index contributed by atoms with van der Waals surface area (Å²) >= 11 is 0. The summed E-state index contributed by atoms with van der Waals surface area (Å²) in [6.45, 7) is 0. The lowest BCUT2D eigenvalue weighted by Gasteiger charge is -2.09. The number of non-ortho nitro benzene ring substituents is 1. The van der Waals surface area contributed by atoms with Crippen molar-refractivity contribution in [3.63, 3.8) is 0 Å². The van der Waals surface area contributed by atoms with Crippen molar-refractivity contribution in [3.8, 4) is 11.1 Å². The summed E-state index contributed by atoms with van der Waals surface area (Å²) in [6, 6.07) is 7.02. The van der Waals surface area contributed by atoms with Gasteiger partial charge >= 0.3 is 6.18 Å². The molecule has 0 aliphatic heterocycles. The van der Waals surface area contributed by atoms with Gasteiger partial charge in [0.1, 0.15) is 5.82 Å². The van der Waals surface area contributed by atoms with E-state index in [0.29, 0.717) is 6.07 Å². The predicted octanol–water partition coefficient (Wildman–Crippen LogP) is 4.42. The Hall–Kier alpha value is -2.44. The van der Waals surface area contributed by atoms with Gasteiger partial charge in [-0.3, -0.25) is 10.1 Å². The largest absolute Gasteiger partial charge is 0.416 e. The fourth-order valence-electron chi connectivity index (χ4n) is 1.72. The van der Waals surface area contributed by atoms with Crippen LogP contribution >= 0.6 is 0 Å². The summed E-state index contributed by atoms with van der Waals surface area (Å²) in [5, 5.41) is 10.6. The molecular weight excluding hydrogens is 278 g/mol. The molecular formula is C13H7F4NO2. The first-order chi connectivity index (χ1) is 9.27. The van der Waals surface area contributed by atoms with Crippen LogP contribution in [-0.4, -0.2) is 4.92 Å². The molecule has 2 rings (SSSR count). The summed E-state index contributed by atoms with van der Waals surface area (Å²) < 4.78 is 51.1. The number of hydrogen-bond acceptors (Lipinski definition) is 2. The Morgan fingerprint density at radius 1 is 1.00 bits per heavy atom. The van der Waals surface area contributed by atoms with E-state index in [4.69, 9.17) is 0 Å². The minimum absolute atomic E-state index is 0.0685. The Labute approximate surface area is 110 Å². The van der Waals surface area contributed by atoms with Crippen LogP contribution in [-0.2, 0) is 6.18 Å². The zero-order chi connectivity index (χ0) is 14.9. The van der Waals surface area contributed by atoms with E-state index < -0.39 is 22.5 Å². The topological polar surface area (TPSA) is 43.1 Å². The Balaban J connectivity index is 2.55. The number of rotatable bonds is 2. The van der Waals surface area contributed by atoms with Crippen molar-refractivity contribution in [2.75, 3.05) is 0 Å². The van der Waals surface area contributed by atoms with Crippen LogP contribution in [0.4, 0.5) is 23.2 Å². The zero-order valence-corrected chi connectivity index (χ0v) is 9.82. The van der Waals surface area contributed by atoms with Gasteiger partial charge in [-0.2, -0.15) is 13.2 Å². The number of halogens is 4. The monoisotopic (exact) mass is 285 g/mol. The molecule has 20 heavy (non-hydrogen) atoms. The Kier molecular flexibility index (Phi) is 3.44. The highest BCUT2D eigenvalue weighted by Gasteiger charge is 2.31. The second kappa shape index (κ2) is 4.92. The molecule has 2 aromatic carbocycles. The van der Waals surface area contributed by atoms with Crippen molar-refractivity contribution in [1.82, 2.24) is 0 Å². The van der Waals surface area contributed by atoms with Gasteiger partial charge in [0, 0.05) is 12.1 Å². The van der Waals surface area contributed by atoms with Crippen LogP contribution in [0.2, 0.25) is 0 Å². The van der Waals surface area contributed by atoms with Crippen LogP contribution in [0.5, 0.6) is 0 Å². The molecule has 0 bridgehead atoms. The Morgan fingerprint density at radius 3 is 2.30 bits per heavy atom. The number of alkyl halides is 3. The summed E-state index contributed by atoms with van der Waals surface area (Å²) in [6.07, 6.45) is -4.68. The van der Waals surface area contributed by atoms with Gasteiger partial charge in [-0.25, -0.2) is 4.39 Å². The van der Waals surface area contributed by atoms with E-state index in [-0.39, 0.29) is 16.8 Å². The van der Waals surface area contributed by atoms with Gasteiger partial charge in [0.2, 0.25) is 0 Å². The third kappa shape index (κ3) is 2.93. The summed E-state index contributed by atoms with van der Waals surface area (Å²) in [4.78, 5) is 9.96. The van der Waals surface area contributed by atoms with Gasteiger partial charge in [0.15, 0.2) is 0 Å². The van der Waals surface area contributed by atoms with Gasteiger partial charge in [-0.15, -0.1) is 0 Å². The molecule has 0 atom stereocenters. The minimum Gasteiger partial charge on any atom is -0.258 e. The molecule has 0 amide bonds. The normalized spacial score (nSPS) is 11.4. The van der Waals surface area contributed by atoms with E-state index in [1.807, 2.05) is 0 Å². The molecule has 0 saturated carbocycles. The molecule has 0 spiro atoms. The first-order valence-corrected chi connectivity index (χ1v) is 5.40. The SMILES string of the molecule is O=[N+]([O-])c1cccc(-c2cc(F)cc(C(F)(F)F)c2)c1. The molecule has 7 heteroatoms. The maximum Gasteiger partial charge on any atom is 0.416 e. The van der Waals surface area contributed by atoms with Crippen molar-refractivity contribution < 1.29 is 22.5 Å². The summed E-state index contributed by atoms with van der Waals surface area (Å²) in [5.41, 5.74) is -1.34. The molecule has 3 nitrogen and oxygen atoms in total. The van der Waals surface area contributed by atoms with Crippen LogP contribution < -0.4 is 0 Å². The van der Waals surface area contributed by atoms with Gasteiger partial charge < -0.3 is 0 Å². The summed E-state index contributed by atoms with van der Waals surface area (Å²) in [7, 11) is 0. The molecule has 0 N–H and O–H groups in total. The maximum absolute atomic E-state index is 13.3. The number of hydrogen-bond donors (Lipinski definition) is 0. The molecule has 0 heterocycles. The molecule has 0 aliphatic rings. The van der Waals surface area contributed by atoms with E-state index in [1.54, 1.807) is 0 Å². The van der Waals surface area contributed by atoms with E-state index >= 15 is 0 Å². The zero-order valence-electron chi connectivity index (χ0n) is 9.82. The van der Waals surface area contributed by atoms with Crippen molar-refractivity contribution in [2.24, 2.45) is 0 Å². The molecule has 104 valence electrons. The minimum atomic E-state index is -4.68. The Bertz CT molecular complexity index is 668. The van der Waals surface area contributed by atoms with Gasteiger partial charge in [0.25, 0.3) is 5.69 Å². The molecule has 0 unspecified atom stereocenters. The highest BCUT2D eigenvalue weighted by atomic mass is 19.4. The second-order valence-electron chi connectivity index (χ2n) is 4.03. The van der Waals surface area contributed by atoms with Gasteiger partial charge in [-0.05, 0) is 29.3 Å². The highest BCUT2D eigenvalue weighted by molar-refractivity contribution is 5.67. The third-order valence-electron chi connectivity index (χ3n) is 2.62. The quantitative estimate of drug-likeness (QED) is 0.465. The predicted molar refractivity (Wildman–Crippen MR) is 63.5 cm³/mol. The fourth-order valence-corrected chi connectivity index (χ4v) is 1.72. The fraction of sp³-hybridized carbons (Fsp3) is 0.0769. The molecule has 0 aliphatic carbocycles. The van der Waals surface area contributed by atoms with Crippen molar-refractivity contribution >= 4 is 5.69 Å². The molecule has 0 fully saturated rings. The lowest BCUT2D eigenvalue weighted by atomic mass is 10.0. The molecule has 0 saturated heterocycles. The van der Waals surface area contributed by atoms with Crippen LogP contribution in [0.1, 0.15) is 5.56 Å². The Morgan fingerprint density at radius 2 is 1.70 bits per heavy atom. The third-order valence-corrected chi connectivity index (χ3v) is 2.62. The van der Waals surface area contributed by atoms with Crippen LogP contribution in [0, 0.1) is 15.9 Å². The molecule has 2 aromatic rings. The number of nitro benzene ring substituents is 1. The van der Waals surface area contributed by atoms with Crippen molar-refractivity contribution in [2.45, 2.75) is 6.18 Å². The van der Waals surface area contributed by atoms with E-state index in [9.17, 15) is 27.7 Å². The first kappa shape index (κ1) is 14.0. The van der Waals surface area contributed by atoms with E-state index in [1.165, 1.54) is 18.2 Å². The number of nitrogens with zero attached hydrogens (tertiary/aromatic N) is 1. The van der Waals surface area contributed by atoms with E-state index in [2.05, 4.69) is 0 Å². The lowest BCUT2D eigenvalue weighted by Crippen LogP contribution is -2.05. The highest BCUT2D eigenvalue weighted by Crippen LogP contribution is 2.33. The van der Waals surface area contributed by atoms with Crippen LogP contribution in [0.25, 0.3) is 11.1 Å². The van der Waals surface area contributed by atoms with Crippen LogP contribution in [0.3, 0.4) is 0 Å². The average molecular weight is 285 g/mol. The average Bonchev–Trinajstić information content (AvgIpc) is 2.37. The second-order valence-corrected chi connectivity index (χ2v) is 4.03. The number of benzene rings is 2. The molecule has 0 aromatic heterocycles. The summed E-state index contributed by atoms with van der Waals surface area (Å²) in [5.74, 6) is -1.05. The lowest BCUT2D eigenvalue weighted by molar-refractivity contribution is -0.384. The standard InChI is InChI=1S/C13H7F4NO2/c14-11-5-9(4-10(7-11)13(15,16)17)8-2-1-3-12(6-8)18(19)20/h1-7H. The van der Waals surface area contributed by atoms with Crippen molar-refractivity contribution in [3.05, 3.63) is 64.0 Å². The molecule has 0 radical (unpaired) electrons. The van der Waals surface area contributed by atoms with Gasteiger partial charge in [0.05, 0.1) is 10.5 Å². The number of nitro groups is 1. The van der Waals surface area contributed by atoms with E-state index in [0.717, 1.165) is 18.2 Å². The van der Waals surface area contributed by atoms with Gasteiger partial charge in [-0.1, -0.05) is 12.1 Å². The smallest absolute Gasteiger partial charge is 0.258 e. The first-order valence-electron chi connectivity index (χ1n) is 5.40. The van der Waals surface area contributed by atoms with Crippen LogP contribution in [0.15, 0.2) is 42.5 Å². The van der Waals surface area contributed by atoms with Crippen molar-refractivity contribution in [1.29, 1.82) is 0 Å². The maximum atomic E-state index is 13.3.